The Morgan fingerprint density at radius 2 is 2.19 bits per heavy atom. The summed E-state index contributed by atoms with van der Waals surface area (Å²) in [4.78, 5) is 2.27. The van der Waals surface area contributed by atoms with Crippen molar-refractivity contribution in [2.75, 3.05) is 23.7 Å². The minimum Gasteiger partial charge on any atom is -0.397 e. The molecule has 1 aromatic rings. The van der Waals surface area contributed by atoms with Crippen molar-refractivity contribution in [2.45, 2.75) is 20.3 Å². The predicted molar refractivity (Wildman–Crippen MR) is 66.2 cm³/mol. The molecule has 1 fully saturated rings. The summed E-state index contributed by atoms with van der Waals surface area (Å²) in [5.74, 6) is 0. The third-order valence-electron chi connectivity index (χ3n) is 3.18. The van der Waals surface area contributed by atoms with Crippen LogP contribution < -0.4 is 10.6 Å². The first-order valence-corrected chi connectivity index (χ1v) is 5.56. The van der Waals surface area contributed by atoms with Gasteiger partial charge in [0, 0.05) is 13.1 Å². The normalized spacial score (nSPS) is 18.4. The summed E-state index contributed by atoms with van der Waals surface area (Å²) >= 11 is 0. The number of nitrogens with two attached hydrogens (primary N) is 1. The molecule has 1 aromatic carbocycles. The lowest BCUT2D eigenvalue weighted by Gasteiger charge is -2.23. The van der Waals surface area contributed by atoms with Gasteiger partial charge in [0.25, 0.3) is 0 Å². The van der Waals surface area contributed by atoms with Gasteiger partial charge in [-0.15, -0.1) is 0 Å². The molecule has 0 spiro atoms. The fourth-order valence-electron chi connectivity index (χ4n) is 2.21. The Bertz CT molecular complexity index is 443. The van der Waals surface area contributed by atoms with Crippen LogP contribution in [-0.2, 0) is 0 Å². The van der Waals surface area contributed by atoms with E-state index in [1.54, 1.807) is 6.07 Å². The summed E-state index contributed by atoms with van der Waals surface area (Å²) < 4.78 is 0. The number of hydrogen-bond acceptors (Lipinski definition) is 3. The summed E-state index contributed by atoms with van der Waals surface area (Å²) in [6.07, 6.45) is 1.17. The zero-order chi connectivity index (χ0) is 11.8. The van der Waals surface area contributed by atoms with Crippen molar-refractivity contribution in [3.05, 3.63) is 23.8 Å². The van der Waals surface area contributed by atoms with E-state index in [1.807, 2.05) is 12.1 Å². The quantitative estimate of drug-likeness (QED) is 0.732. The van der Waals surface area contributed by atoms with Gasteiger partial charge in [0.15, 0.2) is 0 Å². The van der Waals surface area contributed by atoms with E-state index in [-0.39, 0.29) is 0 Å². The minimum absolute atomic E-state index is 0.342. The predicted octanol–water partition coefficient (Wildman–Crippen LogP) is 2.38. The SMILES string of the molecule is CC1(C)CCN(c2cc(C#N)ccc2N)C1. The van der Waals surface area contributed by atoms with Crippen molar-refractivity contribution in [2.24, 2.45) is 5.41 Å². The second kappa shape index (κ2) is 3.71. The molecular formula is C13H17N3. The highest BCUT2D eigenvalue weighted by Crippen LogP contribution is 2.35. The average Bonchev–Trinajstić information content (AvgIpc) is 2.59. The van der Waals surface area contributed by atoms with Gasteiger partial charge in [0.2, 0.25) is 0 Å². The number of rotatable bonds is 1. The van der Waals surface area contributed by atoms with Gasteiger partial charge in [-0.05, 0) is 30.0 Å². The molecule has 0 amide bonds. The van der Waals surface area contributed by atoms with Crippen LogP contribution in [0.2, 0.25) is 0 Å². The first kappa shape index (κ1) is 10.8. The molecule has 1 heterocycles. The number of nitriles is 1. The Hall–Kier alpha value is -1.69. The Balaban J connectivity index is 2.31. The van der Waals surface area contributed by atoms with E-state index >= 15 is 0 Å². The third kappa shape index (κ3) is 1.96. The van der Waals surface area contributed by atoms with Crippen molar-refractivity contribution in [3.8, 4) is 6.07 Å². The van der Waals surface area contributed by atoms with Crippen LogP contribution in [0.5, 0.6) is 0 Å². The summed E-state index contributed by atoms with van der Waals surface area (Å²) in [6, 6.07) is 7.62. The highest BCUT2D eigenvalue weighted by atomic mass is 15.2. The smallest absolute Gasteiger partial charge is 0.0992 e. The van der Waals surface area contributed by atoms with Crippen molar-refractivity contribution in [3.63, 3.8) is 0 Å². The molecule has 0 aromatic heterocycles. The zero-order valence-electron chi connectivity index (χ0n) is 9.83. The van der Waals surface area contributed by atoms with E-state index in [0.717, 1.165) is 24.5 Å². The van der Waals surface area contributed by atoms with Gasteiger partial charge in [-0.2, -0.15) is 5.26 Å². The zero-order valence-corrected chi connectivity index (χ0v) is 9.83. The van der Waals surface area contributed by atoms with Gasteiger partial charge in [0.1, 0.15) is 0 Å². The van der Waals surface area contributed by atoms with Crippen LogP contribution >= 0.6 is 0 Å². The van der Waals surface area contributed by atoms with Crippen LogP contribution in [0, 0.1) is 16.7 Å². The maximum Gasteiger partial charge on any atom is 0.0992 e. The van der Waals surface area contributed by atoms with Crippen molar-refractivity contribution >= 4 is 11.4 Å². The highest BCUT2D eigenvalue weighted by molar-refractivity contribution is 5.70. The van der Waals surface area contributed by atoms with Gasteiger partial charge in [0.05, 0.1) is 23.0 Å². The molecule has 0 atom stereocenters. The second-order valence-electron chi connectivity index (χ2n) is 5.22. The molecule has 2 N–H and O–H groups in total. The molecule has 0 bridgehead atoms. The molecule has 2 rings (SSSR count). The van der Waals surface area contributed by atoms with E-state index in [1.165, 1.54) is 6.42 Å². The highest BCUT2D eigenvalue weighted by Gasteiger charge is 2.30. The first-order valence-electron chi connectivity index (χ1n) is 5.56. The molecule has 0 saturated carbocycles. The van der Waals surface area contributed by atoms with Crippen LogP contribution in [0.3, 0.4) is 0 Å². The molecule has 1 aliphatic rings. The van der Waals surface area contributed by atoms with E-state index < -0.39 is 0 Å². The molecule has 84 valence electrons. The number of benzene rings is 1. The van der Waals surface area contributed by atoms with E-state index in [2.05, 4.69) is 24.8 Å². The molecule has 1 saturated heterocycles. The fourth-order valence-corrected chi connectivity index (χ4v) is 2.21. The topological polar surface area (TPSA) is 53.0 Å². The van der Waals surface area contributed by atoms with Gasteiger partial charge in [-0.3, -0.25) is 0 Å². The summed E-state index contributed by atoms with van der Waals surface area (Å²) in [6.45, 7) is 6.55. The van der Waals surface area contributed by atoms with Crippen molar-refractivity contribution in [1.82, 2.24) is 0 Å². The number of hydrogen-bond donors (Lipinski definition) is 1. The Labute approximate surface area is 96.5 Å². The van der Waals surface area contributed by atoms with Gasteiger partial charge >= 0.3 is 0 Å². The molecule has 0 aliphatic carbocycles. The number of nitrogen functional groups attached to an aromatic ring is 1. The third-order valence-corrected chi connectivity index (χ3v) is 3.18. The molecular weight excluding hydrogens is 198 g/mol. The van der Waals surface area contributed by atoms with Crippen molar-refractivity contribution < 1.29 is 0 Å². The second-order valence-corrected chi connectivity index (χ2v) is 5.22. The number of anilines is 2. The maximum atomic E-state index is 8.89. The average molecular weight is 215 g/mol. The van der Waals surface area contributed by atoms with Crippen LogP contribution in [0.25, 0.3) is 0 Å². The Morgan fingerprint density at radius 1 is 1.44 bits per heavy atom. The fraction of sp³-hybridized carbons (Fsp3) is 0.462. The first-order chi connectivity index (χ1) is 7.52. The Morgan fingerprint density at radius 3 is 2.75 bits per heavy atom. The van der Waals surface area contributed by atoms with Gasteiger partial charge in [-0.1, -0.05) is 13.8 Å². The van der Waals surface area contributed by atoms with E-state index in [0.29, 0.717) is 11.0 Å². The molecule has 0 radical (unpaired) electrons. The van der Waals surface area contributed by atoms with E-state index in [4.69, 9.17) is 11.0 Å². The summed E-state index contributed by atoms with van der Waals surface area (Å²) in [5, 5.41) is 8.89. The van der Waals surface area contributed by atoms with Crippen LogP contribution in [0.4, 0.5) is 11.4 Å². The lowest BCUT2D eigenvalue weighted by Crippen LogP contribution is -2.23. The molecule has 16 heavy (non-hydrogen) atoms. The van der Waals surface area contributed by atoms with E-state index in [9.17, 15) is 0 Å². The van der Waals surface area contributed by atoms with Crippen LogP contribution in [0.15, 0.2) is 18.2 Å². The monoisotopic (exact) mass is 215 g/mol. The standard InChI is InChI=1S/C13H17N3/c1-13(2)5-6-16(9-13)12-7-10(8-14)3-4-11(12)15/h3-4,7H,5-6,9,15H2,1-2H3. The van der Waals surface area contributed by atoms with Gasteiger partial charge < -0.3 is 10.6 Å². The molecule has 3 heteroatoms. The van der Waals surface area contributed by atoms with Crippen LogP contribution in [0.1, 0.15) is 25.8 Å². The maximum absolute atomic E-state index is 8.89. The lowest BCUT2D eigenvalue weighted by molar-refractivity contribution is 0.418. The van der Waals surface area contributed by atoms with Crippen LogP contribution in [-0.4, -0.2) is 13.1 Å². The molecule has 3 nitrogen and oxygen atoms in total. The van der Waals surface area contributed by atoms with Crippen molar-refractivity contribution in [1.29, 1.82) is 5.26 Å². The lowest BCUT2D eigenvalue weighted by atomic mass is 9.93. The minimum atomic E-state index is 0.342. The summed E-state index contributed by atoms with van der Waals surface area (Å²) in [5.41, 5.74) is 8.74. The summed E-state index contributed by atoms with van der Waals surface area (Å²) in [7, 11) is 0. The number of nitrogens with zero attached hydrogens (tertiary/aromatic N) is 2. The largest absolute Gasteiger partial charge is 0.397 e. The molecule has 0 unspecified atom stereocenters. The van der Waals surface area contributed by atoms with Gasteiger partial charge in [-0.25, -0.2) is 0 Å². The molecule has 1 aliphatic heterocycles. The Kier molecular flexibility index (Phi) is 2.51.